The van der Waals surface area contributed by atoms with Crippen molar-refractivity contribution in [3.63, 3.8) is 0 Å². The summed E-state index contributed by atoms with van der Waals surface area (Å²) in [5.74, 6) is 0. The minimum absolute atomic E-state index is 0.458. The molecule has 1 saturated carbocycles. The van der Waals surface area contributed by atoms with Crippen molar-refractivity contribution in [2.45, 2.75) is 31.8 Å². The first-order valence-corrected chi connectivity index (χ1v) is 4.66. The number of halogens is 2. The van der Waals surface area contributed by atoms with Crippen LogP contribution >= 0.6 is 7.99 Å². The van der Waals surface area contributed by atoms with Crippen molar-refractivity contribution in [2.24, 2.45) is 0 Å². The Morgan fingerprint density at radius 1 is 1.30 bits per heavy atom. The Balaban J connectivity index is 2.31. The lowest BCUT2D eigenvalue weighted by molar-refractivity contribution is 0.175. The largest absolute Gasteiger partial charge is 0.552 e. The van der Waals surface area contributed by atoms with Gasteiger partial charge in [0, 0.05) is 0 Å². The molecule has 60 valence electrons. The molecule has 0 spiro atoms. The molecule has 0 aliphatic heterocycles. The van der Waals surface area contributed by atoms with Gasteiger partial charge < -0.3 is 0 Å². The van der Waals surface area contributed by atoms with Gasteiger partial charge in [-0.05, 0) is 12.8 Å². The summed E-state index contributed by atoms with van der Waals surface area (Å²) in [6.07, 6.45) is 2.60. The zero-order chi connectivity index (χ0) is 7.61. The lowest BCUT2D eigenvalue weighted by atomic mass is 10.3. The van der Waals surface area contributed by atoms with Crippen LogP contribution in [0.4, 0.5) is 8.39 Å². The van der Waals surface area contributed by atoms with Crippen molar-refractivity contribution >= 4 is 7.99 Å². The lowest BCUT2D eigenvalue weighted by Crippen LogP contribution is -2.01. The molecular formula is C5H9F2O2P. The van der Waals surface area contributed by atoms with Crippen molar-refractivity contribution in [2.75, 3.05) is 0 Å². The fourth-order valence-corrected chi connectivity index (χ4v) is 1.73. The van der Waals surface area contributed by atoms with Gasteiger partial charge in [-0.25, -0.2) is 4.57 Å². The summed E-state index contributed by atoms with van der Waals surface area (Å²) < 4.78 is 37.3. The molecule has 0 N–H and O–H groups in total. The predicted octanol–water partition coefficient (Wildman–Crippen LogP) is 2.99. The third-order valence-corrected chi connectivity index (χ3v) is 2.12. The zero-order valence-corrected chi connectivity index (χ0v) is 6.32. The Morgan fingerprint density at radius 3 is 2.20 bits per heavy atom. The molecule has 5 heteroatoms. The summed E-state index contributed by atoms with van der Waals surface area (Å²) >= 11 is 0. The maximum absolute atomic E-state index is 11.7. The summed E-state index contributed by atoms with van der Waals surface area (Å²) in [6, 6.07) is 0. The molecule has 0 saturated heterocycles. The summed E-state index contributed by atoms with van der Waals surface area (Å²) in [5.41, 5.74) is 0. The molecule has 2 nitrogen and oxygen atoms in total. The second-order valence-electron chi connectivity index (χ2n) is 2.43. The van der Waals surface area contributed by atoms with Gasteiger partial charge >= 0.3 is 7.99 Å². The molecule has 0 aromatic rings. The van der Waals surface area contributed by atoms with Gasteiger partial charge in [-0.1, -0.05) is 12.8 Å². The molecule has 0 unspecified atom stereocenters. The fraction of sp³-hybridized carbons (Fsp3) is 1.00. The lowest BCUT2D eigenvalue weighted by Gasteiger charge is -2.07. The summed E-state index contributed by atoms with van der Waals surface area (Å²) in [6.45, 7) is 0. The van der Waals surface area contributed by atoms with Crippen molar-refractivity contribution in [1.29, 1.82) is 0 Å². The van der Waals surface area contributed by atoms with E-state index in [4.69, 9.17) is 0 Å². The van der Waals surface area contributed by atoms with E-state index in [9.17, 15) is 13.0 Å². The summed E-state index contributed by atoms with van der Waals surface area (Å²) in [5, 5.41) is 0. The van der Waals surface area contributed by atoms with Crippen molar-refractivity contribution in [3.05, 3.63) is 0 Å². The van der Waals surface area contributed by atoms with Crippen LogP contribution in [0.1, 0.15) is 25.7 Å². The van der Waals surface area contributed by atoms with E-state index < -0.39 is 14.1 Å². The van der Waals surface area contributed by atoms with Gasteiger partial charge in [0.1, 0.15) is 0 Å². The van der Waals surface area contributed by atoms with E-state index in [0.717, 1.165) is 12.8 Å². The van der Waals surface area contributed by atoms with E-state index in [0.29, 0.717) is 12.8 Å². The van der Waals surface area contributed by atoms with E-state index >= 15 is 0 Å². The van der Waals surface area contributed by atoms with Crippen LogP contribution in [-0.2, 0) is 9.09 Å². The van der Waals surface area contributed by atoms with Crippen molar-refractivity contribution in [1.82, 2.24) is 0 Å². The predicted molar refractivity (Wildman–Crippen MR) is 33.2 cm³/mol. The quantitative estimate of drug-likeness (QED) is 0.595. The molecule has 0 radical (unpaired) electrons. The molecule has 0 atom stereocenters. The Hall–Kier alpha value is 0.0500. The average Bonchev–Trinajstić information content (AvgIpc) is 2.12. The topological polar surface area (TPSA) is 26.3 Å². The molecule has 1 fully saturated rings. The van der Waals surface area contributed by atoms with Crippen molar-refractivity contribution in [3.8, 4) is 0 Å². The van der Waals surface area contributed by atoms with Gasteiger partial charge in [-0.15, -0.1) is 8.39 Å². The van der Waals surface area contributed by atoms with E-state index in [1.165, 1.54) is 0 Å². The van der Waals surface area contributed by atoms with E-state index in [1.807, 2.05) is 0 Å². The maximum atomic E-state index is 11.7. The van der Waals surface area contributed by atoms with Gasteiger partial charge in [0.25, 0.3) is 0 Å². The van der Waals surface area contributed by atoms with Gasteiger partial charge in [0.05, 0.1) is 6.10 Å². The van der Waals surface area contributed by atoms with Crippen LogP contribution in [-0.4, -0.2) is 6.10 Å². The summed E-state index contributed by atoms with van der Waals surface area (Å²) in [4.78, 5) is 0. The Morgan fingerprint density at radius 2 is 1.80 bits per heavy atom. The second-order valence-corrected chi connectivity index (χ2v) is 3.47. The zero-order valence-electron chi connectivity index (χ0n) is 5.43. The van der Waals surface area contributed by atoms with Crippen LogP contribution in [0, 0.1) is 0 Å². The first-order valence-electron chi connectivity index (χ1n) is 3.26. The van der Waals surface area contributed by atoms with Crippen LogP contribution in [0.25, 0.3) is 0 Å². The standard InChI is InChI=1S/C5H9F2O2P/c6-10(7,8)9-5-3-1-2-4-5/h5H,1-4H2. The van der Waals surface area contributed by atoms with Crippen LogP contribution in [0.2, 0.25) is 0 Å². The van der Waals surface area contributed by atoms with Crippen LogP contribution < -0.4 is 0 Å². The smallest absolute Gasteiger partial charge is 0.277 e. The first-order chi connectivity index (χ1) is 4.58. The van der Waals surface area contributed by atoms with Gasteiger partial charge in [0.15, 0.2) is 0 Å². The van der Waals surface area contributed by atoms with Gasteiger partial charge in [-0.3, -0.25) is 4.52 Å². The minimum atomic E-state index is -5.21. The molecular weight excluding hydrogens is 161 g/mol. The Labute approximate surface area is 58.3 Å². The number of rotatable bonds is 2. The van der Waals surface area contributed by atoms with E-state index in [-0.39, 0.29) is 0 Å². The Kier molecular flexibility index (Phi) is 2.42. The van der Waals surface area contributed by atoms with Crippen LogP contribution in [0.5, 0.6) is 0 Å². The van der Waals surface area contributed by atoms with Gasteiger partial charge in [-0.2, -0.15) is 0 Å². The fourth-order valence-electron chi connectivity index (χ4n) is 1.17. The molecule has 1 aliphatic carbocycles. The highest BCUT2D eigenvalue weighted by Gasteiger charge is 2.28. The molecule has 0 aromatic carbocycles. The Bertz CT molecular complexity index is 150. The number of hydrogen-bond donors (Lipinski definition) is 0. The summed E-state index contributed by atoms with van der Waals surface area (Å²) in [7, 11) is -5.21. The number of hydrogen-bond acceptors (Lipinski definition) is 2. The van der Waals surface area contributed by atoms with Gasteiger partial charge in [0.2, 0.25) is 0 Å². The molecule has 0 aromatic heterocycles. The molecule has 0 heterocycles. The maximum Gasteiger partial charge on any atom is 0.552 e. The highest BCUT2D eigenvalue weighted by Crippen LogP contribution is 2.52. The SMILES string of the molecule is O=P(F)(F)OC1CCCC1. The molecule has 0 amide bonds. The van der Waals surface area contributed by atoms with Crippen LogP contribution in [0.3, 0.4) is 0 Å². The third-order valence-electron chi connectivity index (χ3n) is 1.57. The molecule has 1 aliphatic rings. The minimum Gasteiger partial charge on any atom is -0.277 e. The van der Waals surface area contributed by atoms with Crippen molar-refractivity contribution < 1.29 is 17.5 Å². The normalized spacial score (nSPS) is 21.8. The third kappa shape index (κ3) is 2.76. The molecule has 1 rings (SSSR count). The molecule has 10 heavy (non-hydrogen) atoms. The monoisotopic (exact) mass is 170 g/mol. The van der Waals surface area contributed by atoms with E-state index in [1.54, 1.807) is 0 Å². The first kappa shape index (κ1) is 8.15. The molecule has 0 bridgehead atoms. The highest BCUT2D eigenvalue weighted by atomic mass is 31.2. The average molecular weight is 170 g/mol. The van der Waals surface area contributed by atoms with E-state index in [2.05, 4.69) is 4.52 Å². The second kappa shape index (κ2) is 2.97. The highest BCUT2D eigenvalue weighted by molar-refractivity contribution is 7.47. The van der Waals surface area contributed by atoms with Crippen LogP contribution in [0.15, 0.2) is 0 Å².